The number of rotatable bonds is 6. The highest BCUT2D eigenvalue weighted by Crippen LogP contribution is 2.19. The van der Waals surface area contributed by atoms with Crippen LogP contribution in [0, 0.1) is 10.7 Å². The molecular weight excluding hydrogens is 394 g/mol. The zero-order chi connectivity index (χ0) is 20.8. The summed E-state index contributed by atoms with van der Waals surface area (Å²) in [5.74, 6) is 0.762. The van der Waals surface area contributed by atoms with Gasteiger partial charge in [0.15, 0.2) is 0 Å². The van der Waals surface area contributed by atoms with Crippen LogP contribution in [0.4, 0.5) is 5.69 Å². The van der Waals surface area contributed by atoms with Crippen LogP contribution in [0.25, 0.3) is 12.2 Å². The minimum Gasteiger partial charge on any atom is -0.326 e. The van der Waals surface area contributed by atoms with Gasteiger partial charge < -0.3 is 5.32 Å². The predicted octanol–water partition coefficient (Wildman–Crippen LogP) is 4.42. The number of aromatic nitrogens is 3. The van der Waals surface area contributed by atoms with Crippen molar-refractivity contribution in [2.75, 3.05) is 18.4 Å². The minimum atomic E-state index is -0.0338. The van der Waals surface area contributed by atoms with Crippen LogP contribution in [0.15, 0.2) is 60.7 Å². The molecule has 7 heteroatoms. The summed E-state index contributed by atoms with van der Waals surface area (Å²) in [6.45, 7) is 2.24. The van der Waals surface area contributed by atoms with Gasteiger partial charge in [0.2, 0.25) is 10.7 Å². The lowest BCUT2D eigenvalue weighted by Gasteiger charge is -2.31. The molecule has 2 aromatic carbocycles. The van der Waals surface area contributed by atoms with Gasteiger partial charge in [-0.15, -0.1) is 0 Å². The molecule has 6 nitrogen and oxygen atoms in total. The fraction of sp³-hybridized carbons (Fsp3) is 0.261. The first-order valence-corrected chi connectivity index (χ1v) is 10.6. The Morgan fingerprint density at radius 3 is 2.63 bits per heavy atom. The number of nitrogens with one attached hydrogen (secondary N) is 2. The van der Waals surface area contributed by atoms with Crippen molar-refractivity contribution in [3.63, 3.8) is 0 Å². The van der Waals surface area contributed by atoms with E-state index < -0.39 is 0 Å². The second-order valence-corrected chi connectivity index (χ2v) is 7.84. The average molecular weight is 420 g/mol. The number of para-hydroxylation sites is 1. The zero-order valence-electron chi connectivity index (χ0n) is 16.7. The van der Waals surface area contributed by atoms with Crippen LogP contribution in [-0.4, -0.2) is 38.7 Å². The number of amides is 1. The van der Waals surface area contributed by atoms with E-state index in [1.54, 1.807) is 0 Å². The number of hydrogen-bond acceptors (Lipinski definition) is 4. The SMILES string of the molecule is O=C(Nc1ccccc1)C1CCCN(Cn2[nH]c(/C=C/c3ccccc3)nc2=S)C1. The molecular formula is C23H25N5OS. The molecule has 2 N–H and O–H groups in total. The normalized spacial score (nSPS) is 17.3. The summed E-state index contributed by atoms with van der Waals surface area (Å²) in [6, 6.07) is 19.7. The molecule has 154 valence electrons. The Morgan fingerprint density at radius 2 is 1.87 bits per heavy atom. The van der Waals surface area contributed by atoms with Crippen molar-refractivity contribution >= 4 is 36.0 Å². The van der Waals surface area contributed by atoms with Crippen molar-refractivity contribution in [3.05, 3.63) is 76.8 Å². The van der Waals surface area contributed by atoms with Gasteiger partial charge in [-0.2, -0.15) is 4.98 Å². The smallest absolute Gasteiger partial charge is 0.228 e. The van der Waals surface area contributed by atoms with E-state index in [2.05, 4.69) is 20.3 Å². The summed E-state index contributed by atoms with van der Waals surface area (Å²) in [5, 5.41) is 6.28. The second kappa shape index (κ2) is 9.65. The molecule has 1 fully saturated rings. The first-order chi connectivity index (χ1) is 14.7. The molecule has 0 spiro atoms. The Hall–Kier alpha value is -3.03. The van der Waals surface area contributed by atoms with Gasteiger partial charge in [0.1, 0.15) is 5.82 Å². The molecule has 1 unspecified atom stereocenters. The Labute approximate surface area is 181 Å². The molecule has 2 heterocycles. The van der Waals surface area contributed by atoms with Gasteiger partial charge in [0, 0.05) is 12.2 Å². The molecule has 0 bridgehead atoms. The largest absolute Gasteiger partial charge is 0.326 e. The monoisotopic (exact) mass is 419 g/mol. The van der Waals surface area contributed by atoms with Gasteiger partial charge in [-0.25, -0.2) is 4.68 Å². The maximum Gasteiger partial charge on any atom is 0.228 e. The van der Waals surface area contributed by atoms with E-state index >= 15 is 0 Å². The first-order valence-electron chi connectivity index (χ1n) is 10.2. The van der Waals surface area contributed by atoms with E-state index in [9.17, 15) is 4.79 Å². The third-order valence-corrected chi connectivity index (χ3v) is 5.50. The summed E-state index contributed by atoms with van der Waals surface area (Å²) < 4.78 is 2.37. The highest BCUT2D eigenvalue weighted by Gasteiger charge is 2.26. The van der Waals surface area contributed by atoms with Crippen LogP contribution in [0.1, 0.15) is 24.2 Å². The lowest BCUT2D eigenvalue weighted by molar-refractivity contribution is -0.121. The van der Waals surface area contributed by atoms with E-state index in [-0.39, 0.29) is 11.8 Å². The number of carbonyl (C=O) groups is 1. The molecule has 3 aromatic rings. The zero-order valence-corrected chi connectivity index (χ0v) is 17.5. The molecule has 1 saturated heterocycles. The molecule has 0 radical (unpaired) electrons. The average Bonchev–Trinajstić information content (AvgIpc) is 3.13. The highest BCUT2D eigenvalue weighted by molar-refractivity contribution is 7.71. The number of nitrogens with zero attached hydrogens (tertiary/aromatic N) is 3. The van der Waals surface area contributed by atoms with E-state index in [1.807, 2.05) is 77.5 Å². The van der Waals surface area contributed by atoms with Crippen LogP contribution in [0.3, 0.4) is 0 Å². The van der Waals surface area contributed by atoms with Gasteiger partial charge in [0.05, 0.1) is 12.6 Å². The number of carbonyl (C=O) groups excluding carboxylic acids is 1. The van der Waals surface area contributed by atoms with Crippen molar-refractivity contribution < 1.29 is 4.79 Å². The Morgan fingerprint density at radius 1 is 1.13 bits per heavy atom. The van der Waals surface area contributed by atoms with Crippen LogP contribution in [0.2, 0.25) is 0 Å². The van der Waals surface area contributed by atoms with Crippen molar-refractivity contribution in [1.82, 2.24) is 19.7 Å². The highest BCUT2D eigenvalue weighted by atomic mass is 32.1. The third kappa shape index (κ3) is 5.31. The predicted molar refractivity (Wildman–Crippen MR) is 122 cm³/mol. The molecule has 1 amide bonds. The third-order valence-electron chi connectivity index (χ3n) is 5.19. The summed E-state index contributed by atoms with van der Waals surface area (Å²) in [6.07, 6.45) is 5.81. The van der Waals surface area contributed by atoms with Crippen LogP contribution in [-0.2, 0) is 11.5 Å². The second-order valence-electron chi connectivity index (χ2n) is 7.48. The summed E-state index contributed by atoms with van der Waals surface area (Å²) in [7, 11) is 0. The lowest BCUT2D eigenvalue weighted by atomic mass is 9.97. The fourth-order valence-corrected chi connectivity index (χ4v) is 3.85. The minimum absolute atomic E-state index is 0.0338. The van der Waals surface area contributed by atoms with E-state index in [1.165, 1.54) is 0 Å². The van der Waals surface area contributed by atoms with Gasteiger partial charge in [-0.1, -0.05) is 54.6 Å². The molecule has 1 atom stereocenters. The molecule has 0 saturated carbocycles. The van der Waals surface area contributed by atoms with E-state index in [0.717, 1.165) is 36.5 Å². The number of H-pyrrole nitrogens is 1. The topological polar surface area (TPSA) is 66.0 Å². The van der Waals surface area contributed by atoms with Crippen LogP contribution >= 0.6 is 12.2 Å². The number of hydrogen-bond donors (Lipinski definition) is 2. The number of aromatic amines is 1. The number of likely N-dealkylation sites (tertiary alicyclic amines) is 1. The standard InChI is InChI=1S/C23H25N5OS/c29-22(24-20-11-5-2-6-12-20)19-10-7-15-27(16-19)17-28-23(30)25-21(26-28)14-13-18-8-3-1-4-9-18/h1-6,8-9,11-14,19H,7,10,15-17H2,(H,24,29)(H,25,26,30)/b14-13+. The molecule has 1 aromatic heterocycles. The first kappa shape index (κ1) is 20.3. The van der Waals surface area contributed by atoms with Crippen molar-refractivity contribution in [2.45, 2.75) is 19.5 Å². The number of piperidine rings is 1. The molecule has 0 aliphatic carbocycles. The van der Waals surface area contributed by atoms with E-state index in [4.69, 9.17) is 12.2 Å². The maximum absolute atomic E-state index is 12.7. The number of benzene rings is 2. The number of anilines is 1. The fourth-order valence-electron chi connectivity index (χ4n) is 3.65. The Balaban J connectivity index is 1.37. The summed E-state index contributed by atoms with van der Waals surface area (Å²) >= 11 is 5.42. The van der Waals surface area contributed by atoms with Crippen molar-refractivity contribution in [1.29, 1.82) is 0 Å². The van der Waals surface area contributed by atoms with Gasteiger partial charge in [-0.3, -0.25) is 14.8 Å². The summed E-state index contributed by atoms with van der Waals surface area (Å²) in [5.41, 5.74) is 1.94. The van der Waals surface area contributed by atoms with Crippen LogP contribution in [0.5, 0.6) is 0 Å². The molecule has 4 rings (SSSR count). The molecule has 1 aliphatic heterocycles. The summed E-state index contributed by atoms with van der Waals surface area (Å²) in [4.78, 5) is 19.3. The van der Waals surface area contributed by atoms with Crippen LogP contribution < -0.4 is 5.32 Å². The molecule has 1 aliphatic rings. The molecule has 30 heavy (non-hydrogen) atoms. The van der Waals surface area contributed by atoms with Crippen molar-refractivity contribution in [2.24, 2.45) is 5.92 Å². The maximum atomic E-state index is 12.7. The van der Waals surface area contributed by atoms with Gasteiger partial charge >= 0.3 is 0 Å². The van der Waals surface area contributed by atoms with Gasteiger partial charge in [-0.05, 0) is 55.4 Å². The van der Waals surface area contributed by atoms with Crippen molar-refractivity contribution in [3.8, 4) is 0 Å². The van der Waals surface area contributed by atoms with Gasteiger partial charge in [0.25, 0.3) is 0 Å². The Bertz CT molecular complexity index is 1060. The Kier molecular flexibility index (Phi) is 6.51. The quantitative estimate of drug-likeness (QED) is 0.581. The van der Waals surface area contributed by atoms with E-state index in [0.29, 0.717) is 18.0 Å². The lowest BCUT2D eigenvalue weighted by Crippen LogP contribution is -2.41.